The number of piperidine rings is 1. The molecule has 5 nitrogen and oxygen atoms in total. The fraction of sp³-hybridized carbons (Fsp3) is 0.304. The third-order valence-electron chi connectivity index (χ3n) is 5.30. The Morgan fingerprint density at radius 1 is 1.14 bits per heavy atom. The van der Waals surface area contributed by atoms with Gasteiger partial charge in [0, 0.05) is 24.0 Å². The minimum atomic E-state index is -0.0835. The number of anilines is 1. The summed E-state index contributed by atoms with van der Waals surface area (Å²) in [6.07, 6.45) is 1.57. The van der Waals surface area contributed by atoms with Crippen molar-refractivity contribution in [2.24, 2.45) is 5.92 Å². The molecule has 0 saturated carbocycles. The van der Waals surface area contributed by atoms with Crippen molar-refractivity contribution in [1.82, 2.24) is 4.98 Å². The molecule has 0 bridgehead atoms. The molecule has 144 valence electrons. The minimum Gasteiger partial charge on any atom is -0.508 e. The number of fused-ring (bicyclic) bond motifs is 1. The minimum absolute atomic E-state index is 0.0143. The van der Waals surface area contributed by atoms with Crippen LogP contribution in [0.5, 0.6) is 5.75 Å². The van der Waals surface area contributed by atoms with Gasteiger partial charge in [0.2, 0.25) is 0 Å². The Morgan fingerprint density at radius 3 is 2.68 bits per heavy atom. The number of phenols is 1. The molecule has 0 amide bonds. The van der Waals surface area contributed by atoms with E-state index in [9.17, 15) is 9.90 Å². The molecule has 1 aliphatic heterocycles. The lowest BCUT2D eigenvalue weighted by Gasteiger charge is -2.31. The third kappa shape index (κ3) is 3.65. The standard InChI is InChI=1S/C23H24N2O3/c1-2-28-23(27)17-11-13-25(14-12-17)21-10-9-16-5-4-8-20(22(16)24-21)18-6-3-7-19(26)15-18/h3-10,15,17,26H,2,11-14H2,1H3. The van der Waals surface area contributed by atoms with Crippen molar-refractivity contribution in [3.63, 3.8) is 0 Å². The average molecular weight is 376 g/mol. The van der Waals surface area contributed by atoms with Gasteiger partial charge in [-0.1, -0.05) is 30.3 Å². The molecular weight excluding hydrogens is 352 g/mol. The highest BCUT2D eigenvalue weighted by atomic mass is 16.5. The molecule has 4 rings (SSSR count). The Morgan fingerprint density at radius 2 is 1.93 bits per heavy atom. The van der Waals surface area contributed by atoms with Crippen LogP contribution in [0.2, 0.25) is 0 Å². The Labute approximate surface area is 164 Å². The molecular formula is C23H24N2O3. The van der Waals surface area contributed by atoms with Gasteiger partial charge < -0.3 is 14.7 Å². The van der Waals surface area contributed by atoms with E-state index in [0.717, 1.165) is 53.8 Å². The van der Waals surface area contributed by atoms with Gasteiger partial charge in [0.15, 0.2) is 0 Å². The summed E-state index contributed by atoms with van der Waals surface area (Å²) in [7, 11) is 0. The first-order chi connectivity index (χ1) is 13.7. The SMILES string of the molecule is CCOC(=O)C1CCN(c2ccc3cccc(-c4cccc(O)c4)c3n2)CC1. The number of para-hydroxylation sites is 1. The number of esters is 1. The van der Waals surface area contributed by atoms with Crippen LogP contribution < -0.4 is 4.90 Å². The van der Waals surface area contributed by atoms with Crippen LogP contribution in [0, 0.1) is 5.92 Å². The van der Waals surface area contributed by atoms with Crippen molar-refractivity contribution in [2.45, 2.75) is 19.8 Å². The Kier molecular flexibility index (Phi) is 5.15. The van der Waals surface area contributed by atoms with E-state index in [2.05, 4.69) is 11.0 Å². The van der Waals surface area contributed by atoms with E-state index in [4.69, 9.17) is 9.72 Å². The fourth-order valence-corrected chi connectivity index (χ4v) is 3.82. The van der Waals surface area contributed by atoms with Crippen molar-refractivity contribution < 1.29 is 14.6 Å². The first kappa shape index (κ1) is 18.3. The molecule has 1 N–H and O–H groups in total. The molecule has 2 heterocycles. The lowest BCUT2D eigenvalue weighted by atomic mass is 9.97. The highest BCUT2D eigenvalue weighted by Crippen LogP contribution is 2.31. The predicted octanol–water partition coefficient (Wildman–Crippen LogP) is 4.39. The molecule has 0 spiro atoms. The van der Waals surface area contributed by atoms with Gasteiger partial charge in [-0.05, 0) is 49.6 Å². The van der Waals surface area contributed by atoms with E-state index < -0.39 is 0 Å². The second-order valence-corrected chi connectivity index (χ2v) is 7.11. The number of pyridine rings is 1. The molecule has 1 aliphatic rings. The van der Waals surface area contributed by atoms with Crippen LogP contribution in [0.1, 0.15) is 19.8 Å². The number of aromatic hydroxyl groups is 1. The number of aromatic nitrogens is 1. The van der Waals surface area contributed by atoms with Gasteiger partial charge in [-0.25, -0.2) is 4.98 Å². The summed E-state index contributed by atoms with van der Waals surface area (Å²) in [6, 6.07) is 17.5. The number of rotatable bonds is 4. The fourth-order valence-electron chi connectivity index (χ4n) is 3.82. The van der Waals surface area contributed by atoms with Crippen molar-refractivity contribution in [2.75, 3.05) is 24.6 Å². The van der Waals surface area contributed by atoms with Gasteiger partial charge in [-0.3, -0.25) is 4.79 Å². The molecule has 0 atom stereocenters. The van der Waals surface area contributed by atoms with E-state index in [1.807, 2.05) is 43.3 Å². The summed E-state index contributed by atoms with van der Waals surface area (Å²) in [4.78, 5) is 19.1. The maximum Gasteiger partial charge on any atom is 0.309 e. The normalized spacial score (nSPS) is 15.0. The molecule has 3 aromatic rings. The maximum atomic E-state index is 12.0. The second kappa shape index (κ2) is 7.89. The highest BCUT2D eigenvalue weighted by Gasteiger charge is 2.26. The first-order valence-corrected chi connectivity index (χ1v) is 9.76. The van der Waals surface area contributed by atoms with Gasteiger partial charge in [0.1, 0.15) is 11.6 Å². The van der Waals surface area contributed by atoms with Crippen molar-refractivity contribution >= 4 is 22.7 Å². The average Bonchev–Trinajstić information content (AvgIpc) is 2.73. The van der Waals surface area contributed by atoms with Gasteiger partial charge in [-0.2, -0.15) is 0 Å². The number of carbonyl (C=O) groups is 1. The number of phenolic OH excluding ortho intramolecular Hbond substituents is 1. The van der Waals surface area contributed by atoms with E-state index in [1.165, 1.54) is 0 Å². The van der Waals surface area contributed by atoms with E-state index >= 15 is 0 Å². The van der Waals surface area contributed by atoms with Crippen molar-refractivity contribution in [3.8, 4) is 16.9 Å². The summed E-state index contributed by atoms with van der Waals surface area (Å²) < 4.78 is 5.16. The van der Waals surface area contributed by atoms with Gasteiger partial charge in [0.25, 0.3) is 0 Å². The quantitative estimate of drug-likeness (QED) is 0.685. The summed E-state index contributed by atoms with van der Waals surface area (Å²) in [5, 5.41) is 10.9. The van der Waals surface area contributed by atoms with Crippen LogP contribution in [0.25, 0.3) is 22.0 Å². The van der Waals surface area contributed by atoms with Crippen LogP contribution in [-0.2, 0) is 9.53 Å². The monoisotopic (exact) mass is 376 g/mol. The molecule has 1 saturated heterocycles. The lowest BCUT2D eigenvalue weighted by molar-refractivity contribution is -0.148. The lowest BCUT2D eigenvalue weighted by Crippen LogP contribution is -2.37. The number of ether oxygens (including phenoxy) is 1. The molecule has 0 radical (unpaired) electrons. The summed E-state index contributed by atoms with van der Waals surface area (Å²) in [5.41, 5.74) is 2.85. The molecule has 2 aromatic carbocycles. The zero-order valence-electron chi connectivity index (χ0n) is 16.0. The zero-order chi connectivity index (χ0) is 19.5. The molecule has 1 aromatic heterocycles. The Bertz CT molecular complexity index is 994. The number of hydrogen-bond donors (Lipinski definition) is 1. The number of nitrogens with zero attached hydrogens (tertiary/aromatic N) is 2. The molecule has 1 fully saturated rings. The molecule has 0 unspecified atom stereocenters. The van der Waals surface area contributed by atoms with Crippen LogP contribution in [-0.4, -0.2) is 35.8 Å². The van der Waals surface area contributed by atoms with Crippen LogP contribution in [0.15, 0.2) is 54.6 Å². The molecule has 28 heavy (non-hydrogen) atoms. The first-order valence-electron chi connectivity index (χ1n) is 9.76. The Hall–Kier alpha value is -3.08. The number of benzene rings is 2. The van der Waals surface area contributed by atoms with Gasteiger partial charge in [0.05, 0.1) is 18.0 Å². The molecule has 5 heteroatoms. The van der Waals surface area contributed by atoms with Crippen molar-refractivity contribution in [3.05, 3.63) is 54.6 Å². The third-order valence-corrected chi connectivity index (χ3v) is 5.30. The smallest absolute Gasteiger partial charge is 0.309 e. The highest BCUT2D eigenvalue weighted by molar-refractivity contribution is 5.94. The Balaban J connectivity index is 1.62. The second-order valence-electron chi connectivity index (χ2n) is 7.11. The van der Waals surface area contributed by atoms with E-state index in [-0.39, 0.29) is 17.6 Å². The molecule has 0 aliphatic carbocycles. The predicted molar refractivity (Wildman–Crippen MR) is 110 cm³/mol. The van der Waals surface area contributed by atoms with Crippen LogP contribution >= 0.6 is 0 Å². The number of carbonyl (C=O) groups excluding carboxylic acids is 1. The van der Waals surface area contributed by atoms with Crippen LogP contribution in [0.3, 0.4) is 0 Å². The largest absolute Gasteiger partial charge is 0.508 e. The topological polar surface area (TPSA) is 62.7 Å². The van der Waals surface area contributed by atoms with E-state index in [0.29, 0.717) is 6.61 Å². The maximum absolute atomic E-state index is 12.0. The van der Waals surface area contributed by atoms with Gasteiger partial charge in [-0.15, -0.1) is 0 Å². The summed E-state index contributed by atoms with van der Waals surface area (Å²) in [5.74, 6) is 1.06. The van der Waals surface area contributed by atoms with Crippen molar-refractivity contribution in [1.29, 1.82) is 0 Å². The summed E-state index contributed by atoms with van der Waals surface area (Å²) >= 11 is 0. The van der Waals surface area contributed by atoms with E-state index in [1.54, 1.807) is 12.1 Å². The van der Waals surface area contributed by atoms with Gasteiger partial charge >= 0.3 is 5.97 Å². The van der Waals surface area contributed by atoms with Crippen LogP contribution in [0.4, 0.5) is 5.82 Å². The zero-order valence-corrected chi connectivity index (χ0v) is 16.0. The number of hydrogen-bond acceptors (Lipinski definition) is 5. The summed E-state index contributed by atoms with van der Waals surface area (Å²) in [6.45, 7) is 3.85.